The van der Waals surface area contributed by atoms with Gasteiger partial charge in [0.2, 0.25) is 0 Å². The number of amides is 2. The number of para-hydroxylation sites is 1. The fourth-order valence-corrected chi connectivity index (χ4v) is 4.33. The molecule has 24 heavy (non-hydrogen) atoms. The van der Waals surface area contributed by atoms with E-state index in [0.717, 1.165) is 44.5 Å². The van der Waals surface area contributed by atoms with Gasteiger partial charge < -0.3 is 20.1 Å². The summed E-state index contributed by atoms with van der Waals surface area (Å²) in [4.78, 5) is 12.2. The van der Waals surface area contributed by atoms with Crippen LogP contribution in [-0.4, -0.2) is 36.9 Å². The van der Waals surface area contributed by atoms with Gasteiger partial charge in [-0.2, -0.15) is 0 Å². The second kappa shape index (κ2) is 6.63. The van der Waals surface area contributed by atoms with Gasteiger partial charge in [0.1, 0.15) is 11.9 Å². The lowest BCUT2D eigenvalue weighted by molar-refractivity contribution is -0.0820. The zero-order valence-corrected chi connectivity index (χ0v) is 14.1. The summed E-state index contributed by atoms with van der Waals surface area (Å²) in [6, 6.07) is 8.20. The average molecular weight is 330 g/mol. The van der Waals surface area contributed by atoms with E-state index in [1.807, 2.05) is 18.2 Å². The summed E-state index contributed by atoms with van der Waals surface area (Å²) in [6.45, 7) is 1.29. The van der Waals surface area contributed by atoms with Crippen LogP contribution < -0.4 is 15.4 Å². The molecular formula is C19H26N2O3. The molecule has 1 aliphatic carbocycles. The Hall–Kier alpha value is -1.75. The topological polar surface area (TPSA) is 59.6 Å². The van der Waals surface area contributed by atoms with Gasteiger partial charge in [-0.3, -0.25) is 0 Å². The van der Waals surface area contributed by atoms with Crippen LogP contribution in [0.25, 0.3) is 0 Å². The fourth-order valence-electron chi connectivity index (χ4n) is 4.33. The Bertz CT molecular complexity index is 573. The molecule has 2 N–H and O–H groups in total. The molecular weight excluding hydrogens is 304 g/mol. The third-order valence-electron chi connectivity index (χ3n) is 5.55. The second-order valence-electron chi connectivity index (χ2n) is 7.33. The normalized spacial score (nSPS) is 27.5. The SMILES string of the molecule is O=C(NC[C@@H]1Cc2ccccc2O1)N[C@H]1CCOC2(CCCC2)C1. The van der Waals surface area contributed by atoms with Crippen LogP contribution in [0.3, 0.4) is 0 Å². The van der Waals surface area contributed by atoms with E-state index in [0.29, 0.717) is 6.54 Å². The van der Waals surface area contributed by atoms with Crippen molar-refractivity contribution in [2.75, 3.05) is 13.2 Å². The van der Waals surface area contributed by atoms with Crippen molar-refractivity contribution in [3.63, 3.8) is 0 Å². The van der Waals surface area contributed by atoms with Crippen LogP contribution in [0.1, 0.15) is 44.1 Å². The van der Waals surface area contributed by atoms with Gasteiger partial charge >= 0.3 is 6.03 Å². The van der Waals surface area contributed by atoms with Gasteiger partial charge in [0.25, 0.3) is 0 Å². The van der Waals surface area contributed by atoms with E-state index in [1.165, 1.54) is 18.4 Å². The highest BCUT2D eigenvalue weighted by molar-refractivity contribution is 5.74. The highest BCUT2D eigenvalue weighted by Gasteiger charge is 2.40. The zero-order valence-electron chi connectivity index (χ0n) is 14.1. The van der Waals surface area contributed by atoms with Gasteiger partial charge in [0.05, 0.1) is 12.1 Å². The number of hydrogen-bond acceptors (Lipinski definition) is 3. The van der Waals surface area contributed by atoms with Crippen LogP contribution >= 0.6 is 0 Å². The first-order valence-corrected chi connectivity index (χ1v) is 9.15. The van der Waals surface area contributed by atoms with Gasteiger partial charge in [0.15, 0.2) is 0 Å². The Balaban J connectivity index is 1.23. The van der Waals surface area contributed by atoms with E-state index in [1.54, 1.807) is 0 Å². The molecule has 2 amide bonds. The molecule has 0 bridgehead atoms. The smallest absolute Gasteiger partial charge is 0.315 e. The molecule has 1 aromatic rings. The van der Waals surface area contributed by atoms with Gasteiger partial charge in [-0.05, 0) is 37.3 Å². The highest BCUT2D eigenvalue weighted by Crippen LogP contribution is 2.39. The summed E-state index contributed by atoms with van der Waals surface area (Å²) >= 11 is 0. The quantitative estimate of drug-likeness (QED) is 0.896. The van der Waals surface area contributed by atoms with Gasteiger partial charge in [-0.1, -0.05) is 31.0 Å². The number of urea groups is 1. The van der Waals surface area contributed by atoms with Gasteiger partial charge in [0, 0.05) is 19.1 Å². The lowest BCUT2D eigenvalue weighted by Crippen LogP contribution is -2.51. The largest absolute Gasteiger partial charge is 0.488 e. The van der Waals surface area contributed by atoms with E-state index >= 15 is 0 Å². The third-order valence-corrected chi connectivity index (χ3v) is 5.55. The zero-order chi connectivity index (χ0) is 16.4. The molecule has 2 aliphatic heterocycles. The van der Waals surface area contributed by atoms with Crippen molar-refractivity contribution < 1.29 is 14.3 Å². The molecule has 1 saturated heterocycles. The molecule has 2 atom stereocenters. The predicted molar refractivity (Wildman–Crippen MR) is 91.3 cm³/mol. The molecule has 5 nitrogen and oxygen atoms in total. The molecule has 3 aliphatic rings. The molecule has 2 heterocycles. The lowest BCUT2D eigenvalue weighted by Gasteiger charge is -2.38. The fraction of sp³-hybridized carbons (Fsp3) is 0.632. The van der Waals surface area contributed by atoms with Crippen LogP contribution in [0.15, 0.2) is 24.3 Å². The van der Waals surface area contributed by atoms with Crippen LogP contribution in [0.2, 0.25) is 0 Å². The van der Waals surface area contributed by atoms with Crippen molar-refractivity contribution >= 4 is 6.03 Å². The maximum Gasteiger partial charge on any atom is 0.315 e. The summed E-state index contributed by atoms with van der Waals surface area (Å²) in [5, 5.41) is 6.10. The first-order valence-electron chi connectivity index (χ1n) is 9.15. The Morgan fingerprint density at radius 2 is 2.08 bits per heavy atom. The summed E-state index contributed by atoms with van der Waals surface area (Å²) < 4.78 is 11.9. The maximum atomic E-state index is 12.2. The van der Waals surface area contributed by atoms with Crippen molar-refractivity contribution in [1.29, 1.82) is 0 Å². The first kappa shape index (κ1) is 15.8. The van der Waals surface area contributed by atoms with Crippen LogP contribution in [0.5, 0.6) is 5.75 Å². The second-order valence-corrected chi connectivity index (χ2v) is 7.33. The van der Waals surface area contributed by atoms with Crippen molar-refractivity contribution in [3.8, 4) is 5.75 Å². The van der Waals surface area contributed by atoms with Crippen molar-refractivity contribution in [2.45, 2.75) is 62.7 Å². The number of rotatable bonds is 3. The van der Waals surface area contributed by atoms with E-state index < -0.39 is 0 Å². The van der Waals surface area contributed by atoms with E-state index in [9.17, 15) is 4.79 Å². The number of carbonyl (C=O) groups excluding carboxylic acids is 1. The summed E-state index contributed by atoms with van der Waals surface area (Å²) in [6.07, 6.45) is 7.52. The van der Waals surface area contributed by atoms with E-state index in [2.05, 4.69) is 16.7 Å². The average Bonchev–Trinajstić information content (AvgIpc) is 3.19. The van der Waals surface area contributed by atoms with E-state index in [-0.39, 0.29) is 23.8 Å². The number of carbonyl (C=O) groups is 1. The lowest BCUT2D eigenvalue weighted by atomic mass is 9.89. The summed E-state index contributed by atoms with van der Waals surface area (Å²) in [5.41, 5.74) is 1.25. The van der Waals surface area contributed by atoms with E-state index in [4.69, 9.17) is 9.47 Å². The molecule has 1 spiro atoms. The number of fused-ring (bicyclic) bond motifs is 1. The molecule has 4 rings (SSSR count). The standard InChI is InChI=1S/C19H26N2O3/c22-18(20-13-16-11-14-5-1-2-6-17(14)24-16)21-15-7-10-23-19(12-15)8-3-4-9-19/h1-2,5-6,15-16H,3-4,7-13H2,(H2,20,21,22)/t15-,16-/m0/s1. The molecule has 0 unspecified atom stereocenters. The first-order chi connectivity index (χ1) is 11.7. The minimum absolute atomic E-state index is 0.0315. The number of benzene rings is 1. The molecule has 1 aromatic carbocycles. The molecule has 0 radical (unpaired) electrons. The Labute approximate surface area is 143 Å². The molecule has 1 saturated carbocycles. The monoisotopic (exact) mass is 330 g/mol. The third kappa shape index (κ3) is 3.36. The summed E-state index contributed by atoms with van der Waals surface area (Å²) in [5.74, 6) is 0.942. The Kier molecular flexibility index (Phi) is 4.35. The van der Waals surface area contributed by atoms with Crippen LogP contribution in [-0.2, 0) is 11.2 Å². The number of hydrogen-bond donors (Lipinski definition) is 2. The summed E-state index contributed by atoms with van der Waals surface area (Å²) in [7, 11) is 0. The van der Waals surface area contributed by atoms with Gasteiger partial charge in [-0.15, -0.1) is 0 Å². The molecule has 0 aromatic heterocycles. The molecule has 130 valence electrons. The van der Waals surface area contributed by atoms with Crippen LogP contribution in [0.4, 0.5) is 4.79 Å². The minimum Gasteiger partial charge on any atom is -0.488 e. The number of nitrogens with one attached hydrogen (secondary N) is 2. The minimum atomic E-state index is -0.0883. The Morgan fingerprint density at radius 3 is 2.92 bits per heavy atom. The maximum absolute atomic E-state index is 12.2. The Morgan fingerprint density at radius 1 is 1.25 bits per heavy atom. The predicted octanol–water partition coefficient (Wildman–Crippen LogP) is 2.78. The molecule has 2 fully saturated rings. The van der Waals surface area contributed by atoms with Crippen molar-refractivity contribution in [3.05, 3.63) is 29.8 Å². The van der Waals surface area contributed by atoms with Crippen LogP contribution in [0, 0.1) is 0 Å². The van der Waals surface area contributed by atoms with Gasteiger partial charge in [-0.25, -0.2) is 4.79 Å². The molecule has 5 heteroatoms. The van der Waals surface area contributed by atoms with Crippen molar-refractivity contribution in [2.24, 2.45) is 0 Å². The highest BCUT2D eigenvalue weighted by atomic mass is 16.5. The number of ether oxygens (including phenoxy) is 2. The van der Waals surface area contributed by atoms with Crippen molar-refractivity contribution in [1.82, 2.24) is 10.6 Å².